The number of benzene rings is 2. The maximum Gasteiger partial charge on any atom is 0.269 e. The Bertz CT molecular complexity index is 722. The summed E-state index contributed by atoms with van der Waals surface area (Å²) >= 11 is 7.33. The van der Waals surface area contributed by atoms with Gasteiger partial charge in [-0.15, -0.1) is 11.8 Å². The largest absolute Gasteiger partial charge is 0.349 e. The zero-order chi connectivity index (χ0) is 17.5. The minimum atomic E-state index is -0.444. The van der Waals surface area contributed by atoms with Crippen molar-refractivity contribution in [2.24, 2.45) is 0 Å². The van der Waals surface area contributed by atoms with E-state index >= 15 is 0 Å². The molecule has 2 aromatic rings. The molecule has 7 heteroatoms. The van der Waals surface area contributed by atoms with Gasteiger partial charge < -0.3 is 5.32 Å². The maximum atomic E-state index is 12.0. The quantitative estimate of drug-likeness (QED) is 0.585. The Balaban J connectivity index is 1.82. The predicted octanol–water partition coefficient (Wildman–Crippen LogP) is 4.36. The molecule has 1 atom stereocenters. The number of nitrogens with zero attached hydrogens (tertiary/aromatic N) is 1. The van der Waals surface area contributed by atoms with Gasteiger partial charge >= 0.3 is 0 Å². The van der Waals surface area contributed by atoms with E-state index in [4.69, 9.17) is 11.6 Å². The number of hydrogen-bond acceptors (Lipinski definition) is 4. The molecule has 0 aliphatic heterocycles. The highest BCUT2D eigenvalue weighted by Gasteiger charge is 2.13. The molecular weight excluding hydrogens is 348 g/mol. The highest BCUT2D eigenvalue weighted by molar-refractivity contribution is 7.99. The molecule has 1 amide bonds. The van der Waals surface area contributed by atoms with Crippen LogP contribution in [0.3, 0.4) is 0 Å². The first-order valence-electron chi connectivity index (χ1n) is 7.31. The lowest BCUT2D eigenvalue weighted by Gasteiger charge is -2.14. The topological polar surface area (TPSA) is 72.2 Å². The van der Waals surface area contributed by atoms with Gasteiger partial charge in [-0.1, -0.05) is 35.9 Å². The summed E-state index contributed by atoms with van der Waals surface area (Å²) in [7, 11) is 0. The van der Waals surface area contributed by atoms with Gasteiger partial charge in [-0.25, -0.2) is 0 Å². The lowest BCUT2D eigenvalue weighted by atomic mass is 10.1. The number of non-ortho nitro benzene ring substituents is 1. The molecule has 0 bridgehead atoms. The standard InChI is InChI=1S/C17H17ClN2O3S/c1-12(14-3-2-4-16(9-14)20(22)23)19-17(21)11-24-10-13-5-7-15(18)8-6-13/h2-9,12H,10-11H2,1H3,(H,19,21). The summed E-state index contributed by atoms with van der Waals surface area (Å²) < 4.78 is 0. The first-order chi connectivity index (χ1) is 11.5. The van der Waals surface area contributed by atoms with Crippen molar-refractivity contribution in [3.8, 4) is 0 Å². The number of halogens is 1. The third kappa shape index (κ3) is 5.54. The second-order valence-electron chi connectivity index (χ2n) is 5.26. The van der Waals surface area contributed by atoms with Crippen molar-refractivity contribution >= 4 is 35.0 Å². The van der Waals surface area contributed by atoms with Crippen LogP contribution >= 0.6 is 23.4 Å². The molecule has 1 unspecified atom stereocenters. The Morgan fingerprint density at radius 1 is 1.29 bits per heavy atom. The third-order valence-corrected chi connectivity index (χ3v) is 4.63. The smallest absolute Gasteiger partial charge is 0.269 e. The van der Waals surface area contributed by atoms with Crippen LogP contribution in [0.15, 0.2) is 48.5 Å². The SMILES string of the molecule is CC(NC(=O)CSCc1ccc(Cl)cc1)c1cccc([N+](=O)[O-])c1. The number of hydrogen-bond donors (Lipinski definition) is 1. The molecule has 0 aliphatic carbocycles. The number of nitro groups is 1. The van der Waals surface area contributed by atoms with Gasteiger partial charge in [0.2, 0.25) is 5.91 Å². The van der Waals surface area contributed by atoms with Crippen molar-refractivity contribution in [3.05, 3.63) is 74.8 Å². The number of rotatable bonds is 7. The van der Waals surface area contributed by atoms with Gasteiger partial charge in [0, 0.05) is 22.9 Å². The van der Waals surface area contributed by atoms with E-state index in [9.17, 15) is 14.9 Å². The van der Waals surface area contributed by atoms with Gasteiger partial charge in [-0.05, 0) is 30.2 Å². The van der Waals surface area contributed by atoms with Gasteiger partial charge in [0.05, 0.1) is 16.7 Å². The van der Waals surface area contributed by atoms with E-state index < -0.39 is 4.92 Å². The minimum absolute atomic E-state index is 0.0192. The van der Waals surface area contributed by atoms with E-state index in [1.165, 1.54) is 23.9 Å². The molecule has 5 nitrogen and oxygen atoms in total. The molecule has 2 aromatic carbocycles. The summed E-state index contributed by atoms with van der Waals surface area (Å²) in [4.78, 5) is 22.4. The van der Waals surface area contributed by atoms with Crippen LogP contribution in [0.4, 0.5) is 5.69 Å². The van der Waals surface area contributed by atoms with Gasteiger partial charge in [-0.2, -0.15) is 0 Å². The average molecular weight is 365 g/mol. The van der Waals surface area contributed by atoms with Crippen LogP contribution in [0.5, 0.6) is 0 Å². The van der Waals surface area contributed by atoms with Crippen molar-refractivity contribution < 1.29 is 9.72 Å². The summed E-state index contributed by atoms with van der Waals surface area (Å²) in [6.45, 7) is 1.81. The van der Waals surface area contributed by atoms with Crippen LogP contribution in [0.1, 0.15) is 24.1 Å². The number of amides is 1. The lowest BCUT2D eigenvalue weighted by Crippen LogP contribution is -2.28. The van der Waals surface area contributed by atoms with Gasteiger partial charge in [0.1, 0.15) is 0 Å². The van der Waals surface area contributed by atoms with Crippen LogP contribution in [0, 0.1) is 10.1 Å². The fourth-order valence-corrected chi connectivity index (χ4v) is 3.04. The van der Waals surface area contributed by atoms with Crippen LogP contribution in [-0.4, -0.2) is 16.6 Å². The van der Waals surface area contributed by atoms with E-state index in [2.05, 4.69) is 5.32 Å². The van der Waals surface area contributed by atoms with Gasteiger partial charge in [-0.3, -0.25) is 14.9 Å². The second-order valence-corrected chi connectivity index (χ2v) is 6.68. The number of carbonyl (C=O) groups is 1. The molecular formula is C17H17ClN2O3S. The molecule has 24 heavy (non-hydrogen) atoms. The molecule has 0 aliphatic rings. The minimum Gasteiger partial charge on any atom is -0.349 e. The summed E-state index contributed by atoms with van der Waals surface area (Å²) in [5.41, 5.74) is 1.83. The first kappa shape index (κ1) is 18.3. The molecule has 0 spiro atoms. The molecule has 0 heterocycles. The monoisotopic (exact) mass is 364 g/mol. The van der Waals surface area contributed by atoms with E-state index in [0.29, 0.717) is 16.3 Å². The van der Waals surface area contributed by atoms with Crippen LogP contribution < -0.4 is 5.32 Å². The molecule has 1 N–H and O–H groups in total. The highest BCUT2D eigenvalue weighted by Crippen LogP contribution is 2.19. The van der Waals surface area contributed by atoms with Crippen LogP contribution in [-0.2, 0) is 10.5 Å². The number of nitrogens with one attached hydrogen (secondary N) is 1. The normalized spacial score (nSPS) is 11.8. The lowest BCUT2D eigenvalue weighted by molar-refractivity contribution is -0.384. The van der Waals surface area contributed by atoms with Crippen molar-refractivity contribution in [2.45, 2.75) is 18.7 Å². The Kier molecular flexibility index (Phi) is 6.63. The summed E-state index contributed by atoms with van der Waals surface area (Å²) in [6, 6.07) is 13.5. The Morgan fingerprint density at radius 2 is 2.00 bits per heavy atom. The summed E-state index contributed by atoms with van der Waals surface area (Å²) in [6.07, 6.45) is 0. The van der Waals surface area contributed by atoms with Crippen LogP contribution in [0.25, 0.3) is 0 Å². The molecule has 126 valence electrons. The highest BCUT2D eigenvalue weighted by atomic mass is 35.5. The summed E-state index contributed by atoms with van der Waals surface area (Å²) in [5, 5.41) is 14.3. The zero-order valence-corrected chi connectivity index (χ0v) is 14.6. The Morgan fingerprint density at radius 3 is 2.67 bits per heavy atom. The average Bonchev–Trinajstić information content (AvgIpc) is 2.56. The van der Waals surface area contributed by atoms with E-state index in [1.54, 1.807) is 19.1 Å². The maximum absolute atomic E-state index is 12.0. The molecule has 0 saturated carbocycles. The molecule has 2 rings (SSSR count). The Hall–Kier alpha value is -2.05. The number of thioether (sulfide) groups is 1. The molecule has 0 saturated heterocycles. The van der Waals surface area contributed by atoms with Gasteiger partial charge in [0.25, 0.3) is 5.69 Å². The fourth-order valence-electron chi connectivity index (χ4n) is 2.12. The van der Waals surface area contributed by atoms with E-state index in [0.717, 1.165) is 11.3 Å². The molecule has 0 fully saturated rings. The number of carbonyl (C=O) groups excluding carboxylic acids is 1. The fraction of sp³-hybridized carbons (Fsp3) is 0.235. The van der Waals surface area contributed by atoms with Crippen LogP contribution in [0.2, 0.25) is 5.02 Å². The Labute approximate surface area is 149 Å². The van der Waals surface area contributed by atoms with Crippen molar-refractivity contribution in [1.82, 2.24) is 5.32 Å². The number of nitro benzene ring substituents is 1. The van der Waals surface area contributed by atoms with Crippen molar-refractivity contribution in [3.63, 3.8) is 0 Å². The molecule has 0 radical (unpaired) electrons. The van der Waals surface area contributed by atoms with E-state index in [1.807, 2.05) is 24.3 Å². The summed E-state index contributed by atoms with van der Waals surface area (Å²) in [5.74, 6) is 0.936. The second kappa shape index (κ2) is 8.70. The van der Waals surface area contributed by atoms with Crippen molar-refractivity contribution in [2.75, 3.05) is 5.75 Å². The first-order valence-corrected chi connectivity index (χ1v) is 8.85. The van der Waals surface area contributed by atoms with Gasteiger partial charge in [0.15, 0.2) is 0 Å². The van der Waals surface area contributed by atoms with E-state index in [-0.39, 0.29) is 17.6 Å². The zero-order valence-electron chi connectivity index (χ0n) is 13.1. The molecule has 0 aromatic heterocycles. The van der Waals surface area contributed by atoms with Crippen molar-refractivity contribution in [1.29, 1.82) is 0 Å². The third-order valence-electron chi connectivity index (χ3n) is 3.37. The predicted molar refractivity (Wildman–Crippen MR) is 97.3 cm³/mol.